The molecule has 0 amide bonds. The summed E-state index contributed by atoms with van der Waals surface area (Å²) < 4.78 is 0. The second kappa shape index (κ2) is 138. The smallest absolute Gasteiger partial charge is 0.475 e. The third-order valence-corrected chi connectivity index (χ3v) is 16.3. The summed E-state index contributed by atoms with van der Waals surface area (Å²) in [7, 11) is 12.1. The zero-order valence-electron chi connectivity index (χ0n) is 76.9. The Hall–Kier alpha value is -0.255. The van der Waals surface area contributed by atoms with E-state index in [1.54, 1.807) is 68.3 Å². The van der Waals surface area contributed by atoms with Gasteiger partial charge >= 0.3 is 115 Å². The molecule has 0 aromatic carbocycles. The SMILES string of the molecule is C1CCCC1.C1CCCC1.CC1CCCC1.CC1CCCC1.CCC1CCCC1.CCC1CCCC1.CCC1CCCC1.CCN=C(C)[N-]C.CCN=C(C)[N-]C.CCN=C(C)[N-]C.C[N-]C(C)=NC(C)C.C[N-]C=NC(C)C.C[N-]C=NC(C)C.C[N-]C=NC(C)C.[CH3-].[CH3-].[CH3-].[CH3-].[CH3-].[CH3-].[CH3-].[Ni+2].[Ni+2].[Ni+2].[Ni+2].[Ni+2].[Ni+2].[Ni+2]. The van der Waals surface area contributed by atoms with Gasteiger partial charge < -0.3 is 124 Å². The van der Waals surface area contributed by atoms with Gasteiger partial charge in [0.25, 0.3) is 0 Å². The normalized spacial score (nSPS) is 15.1. The van der Waals surface area contributed by atoms with Crippen molar-refractivity contribution in [2.75, 3.05) is 69.0 Å². The number of aliphatic imine (C=N–C) groups is 7. The average Bonchev–Trinajstić information content (AvgIpc) is 1.90. The summed E-state index contributed by atoms with van der Waals surface area (Å²) in [6, 6.07) is 1.51. The molecule has 0 saturated heterocycles. The number of hydrogen-bond donors (Lipinski definition) is 0. The Labute approximate surface area is 748 Å². The fraction of sp³-hybridized carbons (Fsp3) is 0.837. The number of nitrogens with zero attached hydrogens (tertiary/aromatic N) is 14. The van der Waals surface area contributed by atoms with Gasteiger partial charge in [0.1, 0.15) is 0 Å². The first-order chi connectivity index (χ1) is 44.5. The Morgan fingerprint density at radius 2 is 0.449 bits per heavy atom. The van der Waals surface area contributed by atoms with Gasteiger partial charge in [-0.25, -0.2) is 0 Å². The van der Waals surface area contributed by atoms with E-state index in [0.717, 1.165) is 72.6 Å². The van der Waals surface area contributed by atoms with Crippen molar-refractivity contribution >= 4 is 42.4 Å². The van der Waals surface area contributed by atoms with E-state index in [4.69, 9.17) is 0 Å². The summed E-state index contributed by atoms with van der Waals surface area (Å²) in [6.45, 7) is 43.8. The first kappa shape index (κ1) is 162. The van der Waals surface area contributed by atoms with Gasteiger partial charge in [0, 0.05) is 0 Å². The van der Waals surface area contributed by atoms with Crippen LogP contribution in [-0.2, 0) is 115 Å². The van der Waals surface area contributed by atoms with Crippen molar-refractivity contribution in [2.45, 2.75) is 375 Å². The molecule has 0 radical (unpaired) electrons. The van der Waals surface area contributed by atoms with Crippen molar-refractivity contribution in [1.29, 1.82) is 0 Å². The minimum Gasteiger partial charge on any atom is -0.475 e. The zero-order chi connectivity index (χ0) is 72.0. The van der Waals surface area contributed by atoms with Crippen LogP contribution in [0, 0.1) is 81.6 Å². The van der Waals surface area contributed by atoms with Crippen LogP contribution in [0.4, 0.5) is 0 Å². The molecule has 670 valence electrons. The maximum atomic E-state index is 4.15. The molecule has 7 saturated carbocycles. The Bertz CT molecular complexity index is 1450. The third kappa shape index (κ3) is 162. The van der Waals surface area contributed by atoms with Gasteiger partial charge in [-0.05, 0) is 81.5 Å². The van der Waals surface area contributed by atoms with Crippen LogP contribution in [0.15, 0.2) is 34.9 Å². The van der Waals surface area contributed by atoms with Gasteiger partial charge in [0.15, 0.2) is 0 Å². The summed E-state index contributed by atoms with van der Waals surface area (Å²) in [6.07, 6.45) is 53.9. The van der Waals surface area contributed by atoms with Gasteiger partial charge in [0.05, 0.1) is 0 Å². The minimum absolute atomic E-state index is 0. The molecule has 0 spiro atoms. The Morgan fingerprint density at radius 3 is 0.514 bits per heavy atom. The van der Waals surface area contributed by atoms with Crippen LogP contribution in [0.25, 0.3) is 37.2 Å². The van der Waals surface area contributed by atoms with Crippen molar-refractivity contribution in [1.82, 2.24) is 0 Å². The van der Waals surface area contributed by atoms with Crippen LogP contribution in [0.2, 0.25) is 0 Å². The van der Waals surface area contributed by atoms with E-state index in [2.05, 4.69) is 107 Å². The van der Waals surface area contributed by atoms with Crippen LogP contribution in [0.3, 0.4) is 0 Å². The van der Waals surface area contributed by atoms with Gasteiger partial charge in [-0.2, -0.15) is 0 Å². The maximum Gasteiger partial charge on any atom is 2.00 e. The van der Waals surface area contributed by atoms with Crippen LogP contribution in [-0.4, -0.2) is 135 Å². The van der Waals surface area contributed by atoms with Crippen LogP contribution >= 0.6 is 0 Å². The molecule has 21 heteroatoms. The van der Waals surface area contributed by atoms with Crippen molar-refractivity contribution in [3.63, 3.8) is 0 Å². The van der Waals surface area contributed by atoms with E-state index in [1.165, 1.54) is 212 Å². The number of hydrogen-bond acceptors (Lipinski definition) is 7. The third-order valence-electron chi connectivity index (χ3n) is 16.3. The molecule has 7 aliphatic rings. The molecule has 0 aromatic heterocycles. The van der Waals surface area contributed by atoms with Crippen molar-refractivity contribution < 1.29 is 115 Å². The molecular weight excluding hydrogens is 1640 g/mol. The fourth-order valence-corrected chi connectivity index (χ4v) is 10.2. The molecule has 7 fully saturated rings. The first-order valence-electron chi connectivity index (χ1n) is 38.3. The molecule has 0 atom stereocenters. The average molecular weight is 1830 g/mol. The number of amidine groups is 4. The number of rotatable bonds is 13. The fourth-order valence-electron chi connectivity index (χ4n) is 10.2. The summed E-state index contributed by atoms with van der Waals surface area (Å²) in [4.78, 5) is 28.0. The van der Waals surface area contributed by atoms with Crippen LogP contribution in [0.1, 0.15) is 350 Å². The molecule has 0 N–H and O–H groups in total. The van der Waals surface area contributed by atoms with Gasteiger partial charge in [-0.3, -0.25) is 0 Å². The molecular formula is C86H186N14Ni7. The summed E-state index contributed by atoms with van der Waals surface area (Å²) in [5, 5.41) is 26.4. The quantitative estimate of drug-likeness (QED) is 0.0736. The Kier molecular flexibility index (Phi) is 209. The Balaban J connectivity index is -0.0000000388. The van der Waals surface area contributed by atoms with E-state index in [1.807, 2.05) is 104 Å². The topological polar surface area (TPSA) is 185 Å². The van der Waals surface area contributed by atoms with Crippen molar-refractivity contribution in [3.05, 3.63) is 89.2 Å². The molecule has 0 heterocycles. The molecule has 7 aliphatic carbocycles. The molecule has 0 aliphatic heterocycles. The largest absolute Gasteiger partial charge is 2.00 e. The van der Waals surface area contributed by atoms with Gasteiger partial charge in [0.2, 0.25) is 0 Å². The van der Waals surface area contributed by atoms with Gasteiger partial charge in [-0.1, -0.05) is 415 Å². The van der Waals surface area contributed by atoms with Gasteiger partial charge in [-0.15, -0.1) is 19.0 Å². The van der Waals surface area contributed by atoms with Crippen LogP contribution in [0.5, 0.6) is 0 Å². The van der Waals surface area contributed by atoms with Crippen molar-refractivity contribution in [2.24, 2.45) is 64.5 Å². The standard InChI is InChI=1S/3C7H14.C6H13N2.2C6H12.6C5H11N2.2C5H10.7CH3.7Ni/c3*1-2-7-5-3-4-6-7;1-5(2)8-6(3)7-4;2*1-6-4-2-3-5-6;3*1-5(2)7-4-6-3;3*1-4-7-5(2)6-3;2*1-2-4-5-3-1;;;;;;;;;;;;;;/h3*7H,2-6H2,1H3;5H,1-4H3;2*6H,2-5H2,1H3;3*4-5H,1-3H3;3*4H2,1-3H3;2*1-5H2;7*1H3;;;;;;;/q;;;-1;;;6*-1;;;7*-1;7*+2. The van der Waals surface area contributed by atoms with Crippen molar-refractivity contribution in [3.8, 4) is 0 Å². The molecule has 7 rings (SSSR count). The summed E-state index contributed by atoms with van der Waals surface area (Å²) in [5.41, 5.74) is 0. The summed E-state index contributed by atoms with van der Waals surface area (Å²) in [5.74, 6) is 8.89. The first-order valence-corrected chi connectivity index (χ1v) is 38.3. The molecule has 0 bridgehead atoms. The van der Waals surface area contributed by atoms with E-state index < -0.39 is 0 Å². The van der Waals surface area contributed by atoms with E-state index in [-0.39, 0.29) is 167 Å². The zero-order valence-corrected chi connectivity index (χ0v) is 83.8. The minimum atomic E-state index is 0. The molecule has 0 unspecified atom stereocenters. The predicted molar refractivity (Wildman–Crippen MR) is 478 cm³/mol. The van der Waals surface area contributed by atoms with E-state index >= 15 is 0 Å². The van der Waals surface area contributed by atoms with E-state index in [9.17, 15) is 0 Å². The summed E-state index contributed by atoms with van der Waals surface area (Å²) >= 11 is 0. The van der Waals surface area contributed by atoms with E-state index in [0.29, 0.717) is 24.2 Å². The monoisotopic (exact) mass is 1820 g/mol. The van der Waals surface area contributed by atoms with Crippen LogP contribution < -0.4 is 0 Å². The predicted octanol–water partition coefficient (Wildman–Crippen LogP) is 29.6. The molecule has 107 heavy (non-hydrogen) atoms. The maximum absolute atomic E-state index is 4.15. The molecule has 0 aromatic rings. The second-order valence-electron chi connectivity index (χ2n) is 26.6. The Morgan fingerprint density at radius 1 is 0.280 bits per heavy atom. The molecule has 14 nitrogen and oxygen atoms in total. The second-order valence-corrected chi connectivity index (χ2v) is 26.6.